The summed E-state index contributed by atoms with van der Waals surface area (Å²) >= 11 is 3.55. The Balaban J connectivity index is 1.99. The molecule has 0 bridgehead atoms. The molecule has 1 aromatic carbocycles. The van der Waals surface area contributed by atoms with Gasteiger partial charge in [0.1, 0.15) is 0 Å². The molecule has 1 unspecified atom stereocenters. The van der Waals surface area contributed by atoms with E-state index < -0.39 is 0 Å². The summed E-state index contributed by atoms with van der Waals surface area (Å²) in [4.78, 5) is 0. The molecule has 2 N–H and O–H groups in total. The number of halogens is 1. The summed E-state index contributed by atoms with van der Waals surface area (Å²) in [6, 6.07) is 6.02. The summed E-state index contributed by atoms with van der Waals surface area (Å²) in [6.45, 7) is 2.20. The fourth-order valence-electron chi connectivity index (χ4n) is 3.00. The van der Waals surface area contributed by atoms with Crippen molar-refractivity contribution in [1.82, 2.24) is 20.2 Å². The lowest BCUT2D eigenvalue weighted by Crippen LogP contribution is -2.16. The molecule has 1 fully saturated rings. The zero-order chi connectivity index (χ0) is 14.1. The average molecular weight is 336 g/mol. The van der Waals surface area contributed by atoms with Crippen LogP contribution in [0, 0.1) is 5.92 Å². The maximum absolute atomic E-state index is 5.88. The fraction of sp³-hybridized carbons (Fsp3) is 0.500. The molecule has 106 valence electrons. The first-order valence-electron chi connectivity index (χ1n) is 7.00. The van der Waals surface area contributed by atoms with E-state index in [9.17, 15) is 0 Å². The van der Waals surface area contributed by atoms with E-state index in [4.69, 9.17) is 5.73 Å². The molecule has 0 spiro atoms. The second kappa shape index (κ2) is 5.52. The van der Waals surface area contributed by atoms with Crippen LogP contribution in [0.1, 0.15) is 38.6 Å². The summed E-state index contributed by atoms with van der Waals surface area (Å²) in [5.41, 5.74) is 7.54. The van der Waals surface area contributed by atoms with E-state index in [0.717, 1.165) is 15.9 Å². The lowest BCUT2D eigenvalue weighted by molar-refractivity contribution is 0.332. The van der Waals surface area contributed by atoms with Gasteiger partial charge in [0.05, 0.1) is 6.04 Å². The van der Waals surface area contributed by atoms with E-state index >= 15 is 0 Å². The molecule has 2 aromatic rings. The van der Waals surface area contributed by atoms with Crippen molar-refractivity contribution < 1.29 is 0 Å². The molecule has 0 saturated heterocycles. The highest BCUT2D eigenvalue weighted by Crippen LogP contribution is 2.36. The van der Waals surface area contributed by atoms with Gasteiger partial charge in [-0.2, -0.15) is 0 Å². The third kappa shape index (κ3) is 2.44. The number of nitrogens with two attached hydrogens (primary N) is 1. The van der Waals surface area contributed by atoms with Gasteiger partial charge in [0, 0.05) is 15.7 Å². The highest BCUT2D eigenvalue weighted by molar-refractivity contribution is 9.10. The molecule has 3 rings (SSSR count). The molecule has 0 amide bonds. The number of hydrogen-bond donors (Lipinski definition) is 1. The summed E-state index contributed by atoms with van der Waals surface area (Å²) < 4.78 is 2.90. The topological polar surface area (TPSA) is 69.6 Å². The minimum absolute atomic E-state index is 0.316. The summed E-state index contributed by atoms with van der Waals surface area (Å²) in [5.74, 6) is 1.45. The van der Waals surface area contributed by atoms with Gasteiger partial charge in [-0.15, -0.1) is 5.10 Å². The first-order valence-corrected chi connectivity index (χ1v) is 7.79. The third-order valence-electron chi connectivity index (χ3n) is 4.19. The first kappa shape index (κ1) is 13.5. The number of hydrogen-bond acceptors (Lipinski definition) is 4. The third-order valence-corrected chi connectivity index (χ3v) is 4.88. The van der Waals surface area contributed by atoms with Crippen molar-refractivity contribution >= 4 is 21.6 Å². The van der Waals surface area contributed by atoms with Crippen LogP contribution >= 0.6 is 15.9 Å². The summed E-state index contributed by atoms with van der Waals surface area (Å²) in [6.07, 6.45) is 5.15. The van der Waals surface area contributed by atoms with E-state index in [1.54, 1.807) is 0 Å². The lowest BCUT2D eigenvalue weighted by atomic mass is 9.99. The Kier molecular flexibility index (Phi) is 3.74. The molecule has 0 radical (unpaired) electrons. The molecule has 1 aliphatic rings. The smallest absolute Gasteiger partial charge is 0.183 e. The second-order valence-corrected chi connectivity index (χ2v) is 6.33. The maximum Gasteiger partial charge on any atom is 0.183 e. The van der Waals surface area contributed by atoms with Crippen LogP contribution in [0.15, 0.2) is 22.7 Å². The standard InChI is InChI=1S/C14H18BrN5/c1-9(10-4-2-3-5-10)20-14(17-18-19-20)12-8-11(16)6-7-13(12)15/h6-10H,2-5,16H2,1H3. The SMILES string of the molecule is CC(C1CCCC1)n1nnnc1-c1cc(N)ccc1Br. The van der Waals surface area contributed by atoms with Crippen LogP contribution in [-0.2, 0) is 0 Å². The zero-order valence-corrected chi connectivity index (χ0v) is 13.0. The molecule has 6 heteroatoms. The van der Waals surface area contributed by atoms with Crippen molar-refractivity contribution in [3.8, 4) is 11.4 Å². The van der Waals surface area contributed by atoms with Gasteiger partial charge in [-0.1, -0.05) is 28.8 Å². The van der Waals surface area contributed by atoms with Crippen molar-refractivity contribution in [2.45, 2.75) is 38.6 Å². The Hall–Kier alpha value is -1.43. The van der Waals surface area contributed by atoms with Crippen LogP contribution < -0.4 is 5.73 Å². The van der Waals surface area contributed by atoms with Crippen molar-refractivity contribution in [2.24, 2.45) is 5.92 Å². The van der Waals surface area contributed by atoms with Gasteiger partial charge in [-0.05, 0) is 54.3 Å². The van der Waals surface area contributed by atoms with Gasteiger partial charge < -0.3 is 5.73 Å². The quantitative estimate of drug-likeness (QED) is 0.872. The van der Waals surface area contributed by atoms with E-state index in [0.29, 0.717) is 17.6 Å². The highest BCUT2D eigenvalue weighted by Gasteiger charge is 2.26. The Morgan fingerprint density at radius 2 is 2.10 bits per heavy atom. The molecule has 1 heterocycles. The highest BCUT2D eigenvalue weighted by atomic mass is 79.9. The molecule has 1 atom stereocenters. The molecule has 0 aliphatic heterocycles. The van der Waals surface area contributed by atoms with Crippen molar-refractivity contribution in [1.29, 1.82) is 0 Å². The van der Waals surface area contributed by atoms with Crippen LogP contribution in [-0.4, -0.2) is 20.2 Å². The zero-order valence-electron chi connectivity index (χ0n) is 11.5. The van der Waals surface area contributed by atoms with Gasteiger partial charge in [0.25, 0.3) is 0 Å². The number of tetrazole rings is 1. The molecule has 1 saturated carbocycles. The van der Waals surface area contributed by atoms with Crippen LogP contribution in [0.3, 0.4) is 0 Å². The maximum atomic E-state index is 5.88. The van der Waals surface area contributed by atoms with Gasteiger partial charge in [-0.25, -0.2) is 4.68 Å². The van der Waals surface area contributed by atoms with Crippen molar-refractivity contribution in [2.75, 3.05) is 5.73 Å². The van der Waals surface area contributed by atoms with Gasteiger partial charge in [-0.3, -0.25) is 0 Å². The van der Waals surface area contributed by atoms with Crippen LogP contribution in [0.2, 0.25) is 0 Å². The van der Waals surface area contributed by atoms with Crippen LogP contribution in [0.4, 0.5) is 5.69 Å². The van der Waals surface area contributed by atoms with E-state index in [1.807, 2.05) is 22.9 Å². The molecule has 1 aromatic heterocycles. The predicted molar refractivity (Wildman–Crippen MR) is 82.0 cm³/mol. The number of benzene rings is 1. The molecule has 20 heavy (non-hydrogen) atoms. The Labute approximate surface area is 126 Å². The molecule has 5 nitrogen and oxygen atoms in total. The predicted octanol–water partition coefficient (Wildman–Crippen LogP) is 3.44. The number of rotatable bonds is 3. The summed E-state index contributed by atoms with van der Waals surface area (Å²) in [5, 5.41) is 12.3. The lowest BCUT2D eigenvalue weighted by Gasteiger charge is -2.20. The van der Waals surface area contributed by atoms with E-state index in [2.05, 4.69) is 38.4 Å². The molecular formula is C14H18BrN5. The summed E-state index contributed by atoms with van der Waals surface area (Å²) in [7, 11) is 0. The van der Waals surface area contributed by atoms with Crippen molar-refractivity contribution in [3.63, 3.8) is 0 Å². The number of anilines is 1. The largest absolute Gasteiger partial charge is 0.399 e. The fourth-order valence-corrected chi connectivity index (χ4v) is 3.42. The Morgan fingerprint density at radius 1 is 1.35 bits per heavy atom. The number of nitrogens with zero attached hydrogens (tertiary/aromatic N) is 4. The molecule has 1 aliphatic carbocycles. The number of aromatic nitrogens is 4. The second-order valence-electron chi connectivity index (χ2n) is 5.47. The Morgan fingerprint density at radius 3 is 2.85 bits per heavy atom. The Bertz CT molecular complexity index is 603. The van der Waals surface area contributed by atoms with Gasteiger partial charge >= 0.3 is 0 Å². The minimum atomic E-state index is 0.316. The minimum Gasteiger partial charge on any atom is -0.399 e. The van der Waals surface area contributed by atoms with Crippen LogP contribution in [0.25, 0.3) is 11.4 Å². The molecular weight excluding hydrogens is 318 g/mol. The van der Waals surface area contributed by atoms with Gasteiger partial charge in [0.2, 0.25) is 0 Å². The number of nitrogen functional groups attached to an aromatic ring is 1. The first-order chi connectivity index (χ1) is 9.66. The van der Waals surface area contributed by atoms with E-state index in [1.165, 1.54) is 25.7 Å². The van der Waals surface area contributed by atoms with Crippen molar-refractivity contribution in [3.05, 3.63) is 22.7 Å². The van der Waals surface area contributed by atoms with Gasteiger partial charge in [0.15, 0.2) is 5.82 Å². The van der Waals surface area contributed by atoms with E-state index in [-0.39, 0.29) is 0 Å². The average Bonchev–Trinajstić information content (AvgIpc) is 3.11. The monoisotopic (exact) mass is 335 g/mol. The van der Waals surface area contributed by atoms with Crippen LogP contribution in [0.5, 0.6) is 0 Å². The normalized spacial score (nSPS) is 17.5.